The fourth-order valence-corrected chi connectivity index (χ4v) is 3.59. The van der Waals surface area contributed by atoms with Crippen molar-refractivity contribution >= 4 is 51.0 Å². The average Bonchev–Trinajstić information content (AvgIpc) is 3.08. The Balaban J connectivity index is 2.13. The van der Waals surface area contributed by atoms with Crippen LogP contribution < -0.4 is 5.32 Å². The Labute approximate surface area is 149 Å². The van der Waals surface area contributed by atoms with E-state index in [-0.39, 0.29) is 5.02 Å². The number of nitrogens with zero attached hydrogens (tertiary/aromatic N) is 2. The number of aliphatic imine (C=N–C) groups is 1. The van der Waals surface area contributed by atoms with Crippen molar-refractivity contribution in [3.8, 4) is 0 Å². The quantitative estimate of drug-likeness (QED) is 0.610. The van der Waals surface area contributed by atoms with Crippen molar-refractivity contribution in [1.82, 2.24) is 10.3 Å². The van der Waals surface area contributed by atoms with E-state index in [4.69, 9.17) is 11.6 Å². The Hall–Kier alpha value is -1.57. The summed E-state index contributed by atoms with van der Waals surface area (Å²) in [4.78, 5) is 20.4. The second-order valence-electron chi connectivity index (χ2n) is 4.69. The molecule has 1 aliphatic rings. The third-order valence-corrected chi connectivity index (χ3v) is 4.99. The van der Waals surface area contributed by atoms with E-state index in [0.29, 0.717) is 33.0 Å². The fourth-order valence-electron chi connectivity index (χ4n) is 2.27. The molecule has 1 aromatic carbocycles. The first-order valence-corrected chi connectivity index (χ1v) is 8.95. The summed E-state index contributed by atoms with van der Waals surface area (Å²) in [5.41, 5.74) is 1.71. The van der Waals surface area contributed by atoms with Gasteiger partial charge >= 0.3 is 0 Å². The maximum Gasteiger partial charge on any atom is 0.163 e. The number of nitrogens with one attached hydrogen (secondary N) is 1. The van der Waals surface area contributed by atoms with Crippen molar-refractivity contribution in [2.24, 2.45) is 4.99 Å². The number of aromatic nitrogens is 1. The van der Waals surface area contributed by atoms with Gasteiger partial charge in [-0.25, -0.2) is 9.37 Å². The number of thiazole rings is 1. The fraction of sp³-hybridized carbons (Fsp3) is 0.133. The number of alkyl halides is 1. The predicted octanol–water partition coefficient (Wildman–Crippen LogP) is 3.87. The monoisotopic (exact) mass is 413 g/mol. The van der Waals surface area contributed by atoms with Gasteiger partial charge in [-0.15, -0.1) is 11.3 Å². The average molecular weight is 415 g/mol. The van der Waals surface area contributed by atoms with Gasteiger partial charge in [0, 0.05) is 38.8 Å². The van der Waals surface area contributed by atoms with Crippen molar-refractivity contribution in [2.75, 3.05) is 5.33 Å². The van der Waals surface area contributed by atoms with Crippen LogP contribution in [0.1, 0.15) is 16.6 Å². The molecule has 1 atom stereocenters. The number of benzene rings is 1. The van der Waals surface area contributed by atoms with Crippen molar-refractivity contribution < 1.29 is 9.18 Å². The predicted molar refractivity (Wildman–Crippen MR) is 92.8 cm³/mol. The first kappa shape index (κ1) is 16.3. The van der Waals surface area contributed by atoms with Crippen LogP contribution >= 0.6 is 38.9 Å². The summed E-state index contributed by atoms with van der Waals surface area (Å²) in [6.45, 7) is 0. The lowest BCUT2D eigenvalue weighted by Crippen LogP contribution is -2.32. The molecular weight excluding hydrogens is 405 g/mol. The van der Waals surface area contributed by atoms with Crippen LogP contribution in [0.3, 0.4) is 0 Å². The van der Waals surface area contributed by atoms with E-state index in [1.54, 1.807) is 12.3 Å². The number of allylic oxidation sites excluding steroid dienone is 1. The van der Waals surface area contributed by atoms with Crippen LogP contribution in [0.4, 0.5) is 4.39 Å². The molecule has 4 nitrogen and oxygen atoms in total. The molecule has 1 N–H and O–H groups in total. The first-order valence-electron chi connectivity index (χ1n) is 6.58. The molecule has 0 amide bonds. The highest BCUT2D eigenvalue weighted by Crippen LogP contribution is 2.35. The van der Waals surface area contributed by atoms with E-state index in [1.807, 2.05) is 5.38 Å². The molecule has 8 heteroatoms. The standard InChI is InChI=1S/C15H10BrClFN3OS/c16-6-12-10(7-22)13(9-2-1-8(18)5-11(9)17)21-14(20-12)15-19-3-4-23-15/h1-5,7,13H,6H2,(H,20,21). The summed E-state index contributed by atoms with van der Waals surface area (Å²) in [6, 6.07) is 3.46. The van der Waals surface area contributed by atoms with Gasteiger partial charge in [0.25, 0.3) is 0 Å². The van der Waals surface area contributed by atoms with Gasteiger partial charge < -0.3 is 5.32 Å². The largest absolute Gasteiger partial charge is 0.340 e. The van der Waals surface area contributed by atoms with Gasteiger partial charge in [-0.3, -0.25) is 9.79 Å². The Morgan fingerprint density at radius 1 is 1.48 bits per heavy atom. The van der Waals surface area contributed by atoms with Crippen LogP contribution in [0.25, 0.3) is 0 Å². The second kappa shape index (κ2) is 6.90. The zero-order valence-corrected chi connectivity index (χ0v) is 14.8. The SMILES string of the molecule is O=CC1=C(CBr)NC(c2nccs2)=NC1c1ccc(F)cc1Cl. The van der Waals surface area contributed by atoms with E-state index >= 15 is 0 Å². The summed E-state index contributed by atoms with van der Waals surface area (Å²) in [5, 5.41) is 6.34. The Bertz CT molecular complexity index is 807. The summed E-state index contributed by atoms with van der Waals surface area (Å²) in [5.74, 6) is 0.125. The van der Waals surface area contributed by atoms with Crippen molar-refractivity contribution in [2.45, 2.75) is 6.04 Å². The smallest absolute Gasteiger partial charge is 0.163 e. The molecule has 3 rings (SSSR count). The molecule has 1 aliphatic heterocycles. The molecule has 0 saturated heterocycles. The lowest BCUT2D eigenvalue weighted by molar-refractivity contribution is -0.105. The van der Waals surface area contributed by atoms with Crippen molar-refractivity contribution in [3.05, 3.63) is 62.5 Å². The highest BCUT2D eigenvalue weighted by molar-refractivity contribution is 9.09. The van der Waals surface area contributed by atoms with E-state index in [9.17, 15) is 9.18 Å². The number of rotatable bonds is 4. The van der Waals surface area contributed by atoms with Crippen LogP contribution in [-0.4, -0.2) is 22.4 Å². The van der Waals surface area contributed by atoms with E-state index in [2.05, 4.69) is 31.2 Å². The molecule has 0 fully saturated rings. The highest BCUT2D eigenvalue weighted by Gasteiger charge is 2.28. The van der Waals surface area contributed by atoms with Crippen LogP contribution in [0.2, 0.25) is 5.02 Å². The molecule has 0 aliphatic carbocycles. The minimum Gasteiger partial charge on any atom is -0.340 e. The molecular formula is C15H10BrClFN3OS. The van der Waals surface area contributed by atoms with Crippen molar-refractivity contribution in [3.63, 3.8) is 0 Å². The van der Waals surface area contributed by atoms with E-state index in [0.717, 1.165) is 6.29 Å². The molecule has 2 heterocycles. The number of carbonyl (C=O) groups is 1. The summed E-state index contributed by atoms with van der Waals surface area (Å²) in [6.07, 6.45) is 2.42. The normalized spacial score (nSPS) is 17.7. The molecule has 23 heavy (non-hydrogen) atoms. The topological polar surface area (TPSA) is 54.4 Å². The summed E-state index contributed by atoms with van der Waals surface area (Å²) < 4.78 is 13.3. The minimum absolute atomic E-state index is 0.229. The number of hydrogen-bond donors (Lipinski definition) is 1. The lowest BCUT2D eigenvalue weighted by Gasteiger charge is -2.25. The molecule has 0 saturated carbocycles. The lowest BCUT2D eigenvalue weighted by atomic mass is 9.97. The van der Waals surface area contributed by atoms with Gasteiger partial charge in [0.1, 0.15) is 18.1 Å². The van der Waals surface area contributed by atoms with Gasteiger partial charge in [-0.2, -0.15) is 0 Å². The third-order valence-electron chi connectivity index (χ3n) is 3.32. The second-order valence-corrected chi connectivity index (χ2v) is 6.56. The number of aldehydes is 1. The van der Waals surface area contributed by atoms with Crippen LogP contribution in [0.5, 0.6) is 0 Å². The molecule has 2 aromatic rings. The van der Waals surface area contributed by atoms with E-state index < -0.39 is 11.9 Å². The number of halogens is 3. The van der Waals surface area contributed by atoms with Crippen LogP contribution in [0, 0.1) is 5.82 Å². The first-order chi connectivity index (χ1) is 11.1. The third kappa shape index (κ3) is 3.22. The Kier molecular flexibility index (Phi) is 4.89. The molecule has 0 bridgehead atoms. The van der Waals surface area contributed by atoms with Gasteiger partial charge in [0.2, 0.25) is 0 Å². The Morgan fingerprint density at radius 2 is 2.30 bits per heavy atom. The van der Waals surface area contributed by atoms with Gasteiger partial charge in [0.05, 0.1) is 0 Å². The van der Waals surface area contributed by atoms with Crippen molar-refractivity contribution in [1.29, 1.82) is 0 Å². The molecule has 0 spiro atoms. The minimum atomic E-state index is -0.603. The summed E-state index contributed by atoms with van der Waals surface area (Å²) in [7, 11) is 0. The number of hydrogen-bond acceptors (Lipinski definition) is 5. The van der Waals surface area contributed by atoms with Gasteiger partial charge in [-0.05, 0) is 12.1 Å². The van der Waals surface area contributed by atoms with E-state index in [1.165, 1.54) is 23.5 Å². The summed E-state index contributed by atoms with van der Waals surface area (Å²) >= 11 is 11.0. The number of amidine groups is 1. The molecule has 0 radical (unpaired) electrons. The maximum atomic E-state index is 13.3. The maximum absolute atomic E-state index is 13.3. The Morgan fingerprint density at radius 3 is 2.91 bits per heavy atom. The highest BCUT2D eigenvalue weighted by atomic mass is 79.9. The van der Waals surface area contributed by atoms with Crippen LogP contribution in [-0.2, 0) is 4.79 Å². The number of carbonyl (C=O) groups excluding carboxylic acids is 1. The molecule has 118 valence electrons. The zero-order valence-electron chi connectivity index (χ0n) is 11.6. The van der Waals surface area contributed by atoms with Gasteiger partial charge in [-0.1, -0.05) is 33.6 Å². The van der Waals surface area contributed by atoms with Gasteiger partial charge in [0.15, 0.2) is 10.8 Å². The zero-order chi connectivity index (χ0) is 16.4. The van der Waals surface area contributed by atoms with Crippen LogP contribution in [0.15, 0.2) is 46.0 Å². The molecule has 1 unspecified atom stereocenters. The molecule has 1 aromatic heterocycles.